The number of ether oxygens (including phenoxy) is 2. The lowest BCUT2D eigenvalue weighted by molar-refractivity contribution is -0.163. The number of hydrogen-bond donors (Lipinski definition) is 1. The van der Waals surface area contributed by atoms with Crippen LogP contribution in [0.5, 0.6) is 0 Å². The summed E-state index contributed by atoms with van der Waals surface area (Å²) in [4.78, 5) is 28.8. The summed E-state index contributed by atoms with van der Waals surface area (Å²) in [5.41, 5.74) is -0.222. The van der Waals surface area contributed by atoms with Crippen LogP contribution in [0.15, 0.2) is 0 Å². The molecule has 0 aromatic heterocycles. The van der Waals surface area contributed by atoms with Crippen molar-refractivity contribution in [1.29, 1.82) is 0 Å². The fourth-order valence-electron chi connectivity index (χ4n) is 9.00. The Bertz CT molecular complexity index is 899. The molecule has 0 atom stereocenters. The van der Waals surface area contributed by atoms with Crippen molar-refractivity contribution in [3.8, 4) is 0 Å². The van der Waals surface area contributed by atoms with E-state index in [2.05, 4.69) is 39.5 Å². The van der Waals surface area contributed by atoms with E-state index in [0.29, 0.717) is 13.0 Å². The number of hydrogen-bond acceptors (Lipinski definition) is 6. The zero-order valence-corrected chi connectivity index (χ0v) is 39.1. The topological polar surface area (TPSA) is 76.1 Å². The van der Waals surface area contributed by atoms with Crippen LogP contribution in [0.25, 0.3) is 0 Å². The molecule has 1 rings (SSSR count). The van der Waals surface area contributed by atoms with E-state index in [9.17, 15) is 14.7 Å². The average molecular weight is 806 g/mol. The number of unbranched alkanes of at least 4 members (excludes halogenated alkanes) is 21. The van der Waals surface area contributed by atoms with Crippen LogP contribution in [0.3, 0.4) is 0 Å². The molecule has 0 aromatic rings. The van der Waals surface area contributed by atoms with Gasteiger partial charge in [0.2, 0.25) is 0 Å². The summed E-state index contributed by atoms with van der Waals surface area (Å²) in [5, 5.41) is 9.54. The molecule has 0 aromatic carbocycles. The van der Waals surface area contributed by atoms with Crippen LogP contribution in [-0.4, -0.2) is 60.9 Å². The van der Waals surface area contributed by atoms with E-state index < -0.39 is 0 Å². The molecule has 0 amide bonds. The van der Waals surface area contributed by atoms with Gasteiger partial charge >= 0.3 is 11.9 Å². The molecule has 0 aliphatic heterocycles. The summed E-state index contributed by atoms with van der Waals surface area (Å²) >= 11 is 0. The molecule has 1 N–H and O–H groups in total. The minimum Gasteiger partial charge on any atom is -0.465 e. The predicted octanol–water partition coefficient (Wildman–Crippen LogP) is 14.9. The Morgan fingerprint density at radius 2 is 1.05 bits per heavy atom. The van der Waals surface area contributed by atoms with E-state index in [-0.39, 0.29) is 35.5 Å². The van der Waals surface area contributed by atoms with Gasteiger partial charge in [-0.15, -0.1) is 0 Å². The highest BCUT2D eigenvalue weighted by atomic mass is 16.5. The zero-order chi connectivity index (χ0) is 41.7. The smallest absolute Gasteiger partial charge is 0.312 e. The standard InChI is InChI=1S/C51H99NO5/c1-6-9-12-15-18-21-27-37-48(54)56-46-50(4,5)38-28-24-33-43-52(44-34-45-53)42-32-23-22-29-39-51(40-30-31-41-51)49(55)57-47(35-25-19-16-13-10-7-2)36-26-20-17-14-11-8-3/h47,53H,6-46H2,1-5H3. The molecule has 1 saturated carbocycles. The van der Waals surface area contributed by atoms with Crippen molar-refractivity contribution in [2.75, 3.05) is 32.8 Å². The monoisotopic (exact) mass is 806 g/mol. The first-order valence-electron chi connectivity index (χ1n) is 25.4. The lowest BCUT2D eigenvalue weighted by Gasteiger charge is -2.30. The van der Waals surface area contributed by atoms with Crippen LogP contribution < -0.4 is 0 Å². The van der Waals surface area contributed by atoms with Crippen molar-refractivity contribution in [2.24, 2.45) is 10.8 Å². The molecule has 6 heteroatoms. The van der Waals surface area contributed by atoms with E-state index in [1.165, 1.54) is 154 Å². The van der Waals surface area contributed by atoms with E-state index in [0.717, 1.165) is 90.3 Å². The highest BCUT2D eigenvalue weighted by molar-refractivity contribution is 5.77. The summed E-state index contributed by atoms with van der Waals surface area (Å²) in [5.74, 6) is 0.110. The van der Waals surface area contributed by atoms with Crippen molar-refractivity contribution in [2.45, 2.75) is 272 Å². The van der Waals surface area contributed by atoms with Crippen molar-refractivity contribution >= 4 is 11.9 Å². The van der Waals surface area contributed by atoms with Crippen molar-refractivity contribution in [3.05, 3.63) is 0 Å². The van der Waals surface area contributed by atoms with Crippen molar-refractivity contribution < 1.29 is 24.2 Å². The Hall–Kier alpha value is -1.14. The first kappa shape index (κ1) is 53.9. The molecule has 57 heavy (non-hydrogen) atoms. The summed E-state index contributed by atoms with van der Waals surface area (Å²) in [6, 6.07) is 0. The van der Waals surface area contributed by atoms with Crippen LogP contribution in [0.1, 0.15) is 266 Å². The number of nitrogens with zero attached hydrogens (tertiary/aromatic N) is 1. The van der Waals surface area contributed by atoms with Crippen molar-refractivity contribution in [3.63, 3.8) is 0 Å². The molecule has 0 radical (unpaired) electrons. The second-order valence-electron chi connectivity index (χ2n) is 19.2. The van der Waals surface area contributed by atoms with E-state index >= 15 is 0 Å². The normalized spacial score (nSPS) is 14.2. The number of esters is 2. The van der Waals surface area contributed by atoms with E-state index in [4.69, 9.17) is 9.47 Å². The lowest BCUT2D eigenvalue weighted by Crippen LogP contribution is -2.33. The molecule has 0 spiro atoms. The number of carbonyl (C=O) groups is 2. The number of carbonyl (C=O) groups excluding carboxylic acids is 2. The van der Waals surface area contributed by atoms with Gasteiger partial charge in [-0.05, 0) is 95.6 Å². The minimum atomic E-state index is -0.239. The molecular weight excluding hydrogens is 707 g/mol. The molecule has 0 unspecified atom stereocenters. The third kappa shape index (κ3) is 29.7. The highest BCUT2D eigenvalue weighted by Crippen LogP contribution is 2.44. The van der Waals surface area contributed by atoms with Gasteiger partial charge in [-0.3, -0.25) is 9.59 Å². The summed E-state index contributed by atoms with van der Waals surface area (Å²) < 4.78 is 12.2. The molecule has 0 heterocycles. The number of aliphatic hydroxyl groups excluding tert-OH is 1. The van der Waals surface area contributed by atoms with Gasteiger partial charge in [0.25, 0.3) is 0 Å². The maximum Gasteiger partial charge on any atom is 0.312 e. The Balaban J connectivity index is 2.40. The Labute approximate surface area is 355 Å². The van der Waals surface area contributed by atoms with Crippen LogP contribution in [0, 0.1) is 10.8 Å². The third-order valence-electron chi connectivity index (χ3n) is 13.0. The van der Waals surface area contributed by atoms with Gasteiger partial charge in [-0.1, -0.05) is 182 Å². The van der Waals surface area contributed by atoms with Crippen LogP contribution in [0.4, 0.5) is 0 Å². The van der Waals surface area contributed by atoms with E-state index in [1.54, 1.807) is 0 Å². The molecule has 6 nitrogen and oxygen atoms in total. The Kier molecular flexibility index (Phi) is 34.7. The van der Waals surface area contributed by atoms with Gasteiger partial charge in [-0.25, -0.2) is 0 Å². The quantitative estimate of drug-likeness (QED) is 0.0489. The van der Waals surface area contributed by atoms with Crippen LogP contribution in [0.2, 0.25) is 0 Å². The molecule has 1 fully saturated rings. The number of rotatable bonds is 42. The molecule has 0 bridgehead atoms. The summed E-state index contributed by atoms with van der Waals surface area (Å²) in [6.07, 6.45) is 42.2. The summed E-state index contributed by atoms with van der Waals surface area (Å²) in [6.45, 7) is 15.2. The molecular formula is C51H99NO5. The van der Waals surface area contributed by atoms with E-state index in [1.807, 2.05) is 0 Å². The summed E-state index contributed by atoms with van der Waals surface area (Å²) in [7, 11) is 0. The van der Waals surface area contributed by atoms with Gasteiger partial charge in [0, 0.05) is 19.6 Å². The fourth-order valence-corrected chi connectivity index (χ4v) is 9.00. The highest BCUT2D eigenvalue weighted by Gasteiger charge is 2.42. The zero-order valence-electron chi connectivity index (χ0n) is 39.1. The molecule has 1 aliphatic carbocycles. The lowest BCUT2D eigenvalue weighted by atomic mass is 9.80. The van der Waals surface area contributed by atoms with Gasteiger partial charge in [0.1, 0.15) is 6.10 Å². The predicted molar refractivity (Wildman–Crippen MR) is 244 cm³/mol. The minimum absolute atomic E-state index is 0.0169. The van der Waals surface area contributed by atoms with Crippen LogP contribution in [-0.2, 0) is 19.1 Å². The van der Waals surface area contributed by atoms with Gasteiger partial charge in [0.05, 0.1) is 12.0 Å². The largest absolute Gasteiger partial charge is 0.465 e. The average Bonchev–Trinajstić information content (AvgIpc) is 3.69. The SMILES string of the molecule is CCCCCCCCCC(=O)OCC(C)(C)CCCCCN(CCCO)CCCCCCC1(C(=O)OC(CCCCCCCC)CCCCCCCC)CCCC1. The molecule has 338 valence electrons. The Morgan fingerprint density at radius 1 is 0.596 bits per heavy atom. The second kappa shape index (κ2) is 36.7. The number of aliphatic hydroxyl groups is 1. The fraction of sp³-hybridized carbons (Fsp3) is 0.961. The first-order chi connectivity index (χ1) is 27.7. The van der Waals surface area contributed by atoms with Crippen LogP contribution >= 0.6 is 0 Å². The third-order valence-corrected chi connectivity index (χ3v) is 13.0. The maximum absolute atomic E-state index is 13.9. The van der Waals surface area contributed by atoms with Crippen molar-refractivity contribution in [1.82, 2.24) is 4.90 Å². The Morgan fingerprint density at radius 3 is 1.60 bits per heavy atom. The maximum atomic E-state index is 13.9. The first-order valence-corrected chi connectivity index (χ1v) is 25.4. The van der Waals surface area contributed by atoms with Gasteiger partial charge < -0.3 is 19.5 Å². The van der Waals surface area contributed by atoms with Gasteiger partial charge in [-0.2, -0.15) is 0 Å². The molecule has 0 saturated heterocycles. The van der Waals surface area contributed by atoms with Gasteiger partial charge in [0.15, 0.2) is 0 Å². The second-order valence-corrected chi connectivity index (χ2v) is 19.2. The molecule has 1 aliphatic rings.